The fourth-order valence-electron chi connectivity index (χ4n) is 1.11. The second-order valence-electron chi connectivity index (χ2n) is 2.65. The SMILES string of the molecule is O=C(O)CNc1ccnc2oncc12. The number of nitrogens with one attached hydrogen (secondary N) is 1. The Morgan fingerprint density at radius 2 is 2.50 bits per heavy atom. The van der Waals surface area contributed by atoms with Crippen molar-refractivity contribution in [2.24, 2.45) is 0 Å². The van der Waals surface area contributed by atoms with Gasteiger partial charge in [0.1, 0.15) is 6.54 Å². The molecule has 6 heteroatoms. The second-order valence-corrected chi connectivity index (χ2v) is 2.65. The van der Waals surface area contributed by atoms with Crippen LogP contribution in [0, 0.1) is 0 Å². The summed E-state index contributed by atoms with van der Waals surface area (Å²) in [5.74, 6) is -0.925. The fraction of sp³-hybridized carbons (Fsp3) is 0.125. The number of fused-ring (bicyclic) bond motifs is 1. The summed E-state index contributed by atoms with van der Waals surface area (Å²) in [6.07, 6.45) is 3.02. The molecule has 0 saturated carbocycles. The van der Waals surface area contributed by atoms with Gasteiger partial charge in [-0.25, -0.2) is 4.98 Å². The monoisotopic (exact) mass is 193 g/mol. The van der Waals surface area contributed by atoms with E-state index in [1.165, 1.54) is 12.4 Å². The molecule has 0 atom stereocenters. The predicted octanol–water partition coefficient (Wildman–Crippen LogP) is 0.719. The summed E-state index contributed by atoms with van der Waals surface area (Å²) in [5.41, 5.74) is 1.04. The Morgan fingerprint density at radius 3 is 3.29 bits per heavy atom. The molecular weight excluding hydrogens is 186 g/mol. The zero-order valence-corrected chi connectivity index (χ0v) is 7.10. The molecule has 0 aliphatic heterocycles. The van der Waals surface area contributed by atoms with Gasteiger partial charge in [0.15, 0.2) is 0 Å². The Hall–Kier alpha value is -2.11. The highest BCUT2D eigenvalue weighted by Crippen LogP contribution is 2.19. The molecule has 0 unspecified atom stereocenters. The highest BCUT2D eigenvalue weighted by Gasteiger charge is 2.05. The van der Waals surface area contributed by atoms with Crippen molar-refractivity contribution in [2.75, 3.05) is 11.9 Å². The second kappa shape index (κ2) is 3.33. The van der Waals surface area contributed by atoms with E-state index < -0.39 is 5.97 Å². The highest BCUT2D eigenvalue weighted by molar-refractivity contribution is 5.88. The van der Waals surface area contributed by atoms with Gasteiger partial charge in [-0.3, -0.25) is 4.79 Å². The molecule has 0 aromatic carbocycles. The topological polar surface area (TPSA) is 88.2 Å². The number of carbonyl (C=O) groups is 1. The number of anilines is 1. The lowest BCUT2D eigenvalue weighted by Gasteiger charge is -2.02. The van der Waals surface area contributed by atoms with Gasteiger partial charge in [0.2, 0.25) is 0 Å². The standard InChI is InChI=1S/C8H7N3O3/c12-7(13)4-10-6-1-2-9-8-5(6)3-11-14-8/h1-3H,4H2,(H,9,10)(H,12,13). The third kappa shape index (κ3) is 1.49. The quantitative estimate of drug-likeness (QED) is 0.746. The van der Waals surface area contributed by atoms with E-state index in [0.29, 0.717) is 16.8 Å². The number of nitrogens with zero attached hydrogens (tertiary/aromatic N) is 2. The molecule has 2 aromatic rings. The van der Waals surface area contributed by atoms with Crippen LogP contribution >= 0.6 is 0 Å². The van der Waals surface area contributed by atoms with Crippen molar-refractivity contribution in [1.82, 2.24) is 10.1 Å². The Labute approximate surface area is 78.5 Å². The third-order valence-corrected chi connectivity index (χ3v) is 1.70. The number of carboxylic acid groups (broad SMARTS) is 1. The molecule has 2 N–H and O–H groups in total. The summed E-state index contributed by atoms with van der Waals surface area (Å²) < 4.78 is 4.82. The van der Waals surface area contributed by atoms with E-state index >= 15 is 0 Å². The molecule has 72 valence electrons. The van der Waals surface area contributed by atoms with Gasteiger partial charge >= 0.3 is 5.97 Å². The molecule has 0 spiro atoms. The molecule has 0 bridgehead atoms. The van der Waals surface area contributed by atoms with Crippen LogP contribution in [0.15, 0.2) is 23.0 Å². The zero-order valence-electron chi connectivity index (χ0n) is 7.10. The Morgan fingerprint density at radius 1 is 1.64 bits per heavy atom. The van der Waals surface area contributed by atoms with E-state index in [9.17, 15) is 4.79 Å². The van der Waals surface area contributed by atoms with E-state index in [0.717, 1.165) is 0 Å². The first-order valence-corrected chi connectivity index (χ1v) is 3.92. The van der Waals surface area contributed by atoms with Crippen molar-refractivity contribution in [3.05, 3.63) is 18.5 Å². The Balaban J connectivity index is 2.32. The molecule has 2 rings (SSSR count). The molecule has 6 nitrogen and oxygen atoms in total. The zero-order chi connectivity index (χ0) is 9.97. The van der Waals surface area contributed by atoms with Crippen LogP contribution in [0.25, 0.3) is 11.1 Å². The number of rotatable bonds is 3. The van der Waals surface area contributed by atoms with Crippen molar-refractivity contribution >= 4 is 22.8 Å². The van der Waals surface area contributed by atoms with Gasteiger partial charge in [0.05, 0.1) is 17.3 Å². The third-order valence-electron chi connectivity index (χ3n) is 1.70. The summed E-state index contributed by atoms with van der Waals surface area (Å²) in [6, 6.07) is 1.67. The van der Waals surface area contributed by atoms with Crippen LogP contribution < -0.4 is 5.32 Å². The lowest BCUT2D eigenvalue weighted by atomic mass is 10.3. The maximum absolute atomic E-state index is 10.3. The first kappa shape index (κ1) is 8.49. The number of aliphatic carboxylic acids is 1. The lowest BCUT2D eigenvalue weighted by Crippen LogP contribution is -2.12. The van der Waals surface area contributed by atoms with E-state index in [2.05, 4.69) is 15.5 Å². The Kier molecular flexibility index (Phi) is 2.02. The van der Waals surface area contributed by atoms with Gasteiger partial charge in [-0.2, -0.15) is 0 Å². The van der Waals surface area contributed by atoms with Gasteiger partial charge in [-0.1, -0.05) is 5.16 Å². The number of pyridine rings is 1. The van der Waals surface area contributed by atoms with Crippen LogP contribution in [0.2, 0.25) is 0 Å². The number of aromatic nitrogens is 2. The largest absolute Gasteiger partial charge is 0.480 e. The van der Waals surface area contributed by atoms with Gasteiger partial charge in [0.25, 0.3) is 5.71 Å². The average molecular weight is 193 g/mol. The molecular formula is C8H7N3O3. The molecule has 0 amide bonds. The average Bonchev–Trinajstić information content (AvgIpc) is 2.62. The van der Waals surface area contributed by atoms with Crippen LogP contribution in [-0.4, -0.2) is 27.8 Å². The van der Waals surface area contributed by atoms with E-state index in [1.54, 1.807) is 6.07 Å². The van der Waals surface area contributed by atoms with Gasteiger partial charge in [-0.15, -0.1) is 0 Å². The molecule has 0 radical (unpaired) electrons. The van der Waals surface area contributed by atoms with E-state index in [1.807, 2.05) is 0 Å². The first-order chi connectivity index (χ1) is 6.77. The van der Waals surface area contributed by atoms with Crippen molar-refractivity contribution in [1.29, 1.82) is 0 Å². The summed E-state index contributed by atoms with van der Waals surface area (Å²) in [7, 11) is 0. The first-order valence-electron chi connectivity index (χ1n) is 3.92. The molecule has 0 aliphatic rings. The molecule has 0 saturated heterocycles. The van der Waals surface area contributed by atoms with E-state index in [-0.39, 0.29) is 6.54 Å². The van der Waals surface area contributed by atoms with Crippen LogP contribution in [-0.2, 0) is 4.79 Å². The van der Waals surface area contributed by atoms with Crippen LogP contribution in [0.3, 0.4) is 0 Å². The smallest absolute Gasteiger partial charge is 0.322 e. The van der Waals surface area contributed by atoms with Gasteiger partial charge in [0, 0.05) is 6.20 Å². The molecule has 0 aliphatic carbocycles. The minimum atomic E-state index is -0.925. The number of hydrogen-bond donors (Lipinski definition) is 2. The molecule has 0 fully saturated rings. The summed E-state index contributed by atoms with van der Waals surface area (Å²) in [6.45, 7) is -0.149. The Bertz CT molecular complexity index is 466. The normalized spacial score (nSPS) is 10.3. The summed E-state index contributed by atoms with van der Waals surface area (Å²) in [4.78, 5) is 14.2. The van der Waals surface area contributed by atoms with Crippen LogP contribution in [0.5, 0.6) is 0 Å². The fourth-order valence-corrected chi connectivity index (χ4v) is 1.11. The van der Waals surface area contributed by atoms with E-state index in [4.69, 9.17) is 9.63 Å². The molecule has 2 heterocycles. The predicted molar refractivity (Wildman–Crippen MR) is 47.9 cm³/mol. The maximum atomic E-state index is 10.3. The summed E-state index contributed by atoms with van der Waals surface area (Å²) in [5, 5.41) is 15.5. The van der Waals surface area contributed by atoms with Crippen molar-refractivity contribution in [3.8, 4) is 0 Å². The molecule has 14 heavy (non-hydrogen) atoms. The minimum absolute atomic E-state index is 0.149. The van der Waals surface area contributed by atoms with Crippen molar-refractivity contribution in [3.63, 3.8) is 0 Å². The van der Waals surface area contributed by atoms with Crippen molar-refractivity contribution < 1.29 is 14.4 Å². The van der Waals surface area contributed by atoms with Crippen molar-refractivity contribution in [2.45, 2.75) is 0 Å². The lowest BCUT2D eigenvalue weighted by molar-refractivity contribution is -0.134. The van der Waals surface area contributed by atoms with Crippen LogP contribution in [0.1, 0.15) is 0 Å². The van der Waals surface area contributed by atoms with Gasteiger partial charge < -0.3 is 14.9 Å². The van der Waals surface area contributed by atoms with Gasteiger partial charge in [-0.05, 0) is 6.07 Å². The highest BCUT2D eigenvalue weighted by atomic mass is 16.5. The van der Waals surface area contributed by atoms with Crippen LogP contribution in [0.4, 0.5) is 5.69 Å². The molecule has 2 aromatic heterocycles. The number of hydrogen-bond acceptors (Lipinski definition) is 5. The minimum Gasteiger partial charge on any atom is -0.480 e. The summed E-state index contributed by atoms with van der Waals surface area (Å²) >= 11 is 0. The number of carboxylic acids is 1. The maximum Gasteiger partial charge on any atom is 0.322 e.